The van der Waals surface area contributed by atoms with Crippen LogP contribution in [0.15, 0.2) is 0 Å². The molecule has 1 heterocycles. The highest BCUT2D eigenvalue weighted by Crippen LogP contribution is 2.35. The average Bonchev–Trinajstić information content (AvgIpc) is 2.47. The number of carbonyl (C=O) groups is 1. The normalized spacial score (nSPS) is 27.7. The molecular formula is C13H24N2O3. The molecule has 2 aliphatic rings. The van der Waals surface area contributed by atoms with Crippen molar-refractivity contribution in [1.29, 1.82) is 0 Å². The highest BCUT2D eigenvalue weighted by Gasteiger charge is 2.32. The zero-order chi connectivity index (χ0) is 12.8. The van der Waals surface area contributed by atoms with E-state index < -0.39 is 0 Å². The van der Waals surface area contributed by atoms with Gasteiger partial charge in [0.2, 0.25) is 5.91 Å². The molecule has 1 saturated carbocycles. The number of carbonyl (C=O) groups excluding carboxylic acids is 1. The fourth-order valence-electron chi connectivity index (χ4n) is 2.82. The van der Waals surface area contributed by atoms with Gasteiger partial charge in [-0.3, -0.25) is 4.79 Å². The molecule has 3 N–H and O–H groups in total. The Hall–Kier alpha value is -0.650. The minimum atomic E-state index is -0.238. The number of nitrogens with one attached hydrogen (secondary N) is 2. The van der Waals surface area contributed by atoms with E-state index in [0.29, 0.717) is 19.8 Å². The van der Waals surface area contributed by atoms with Gasteiger partial charge in [-0.1, -0.05) is 19.3 Å². The molecule has 2 rings (SSSR count). The van der Waals surface area contributed by atoms with Gasteiger partial charge in [0.05, 0.1) is 19.8 Å². The van der Waals surface area contributed by atoms with Gasteiger partial charge in [0, 0.05) is 18.5 Å². The summed E-state index contributed by atoms with van der Waals surface area (Å²) in [5.41, 5.74) is -0.0938. The summed E-state index contributed by atoms with van der Waals surface area (Å²) in [5, 5.41) is 15.7. The number of amides is 1. The van der Waals surface area contributed by atoms with Gasteiger partial charge in [-0.25, -0.2) is 0 Å². The lowest BCUT2D eigenvalue weighted by Gasteiger charge is -2.36. The Bertz CT molecular complexity index is 271. The molecular weight excluding hydrogens is 232 g/mol. The predicted octanol–water partition coefficient (Wildman–Crippen LogP) is 0.0338. The lowest BCUT2D eigenvalue weighted by atomic mass is 9.74. The molecule has 0 aromatic heterocycles. The summed E-state index contributed by atoms with van der Waals surface area (Å²) in [7, 11) is 0. The summed E-state index contributed by atoms with van der Waals surface area (Å²) in [6.45, 7) is 2.59. The van der Waals surface area contributed by atoms with Crippen molar-refractivity contribution < 1.29 is 14.6 Å². The largest absolute Gasteiger partial charge is 0.396 e. The van der Waals surface area contributed by atoms with Crippen LogP contribution in [0.5, 0.6) is 0 Å². The van der Waals surface area contributed by atoms with Crippen molar-refractivity contribution in [3.63, 3.8) is 0 Å². The molecule has 1 saturated heterocycles. The second kappa shape index (κ2) is 6.50. The number of hydrogen-bond acceptors (Lipinski definition) is 4. The van der Waals surface area contributed by atoms with E-state index in [1.165, 1.54) is 6.42 Å². The van der Waals surface area contributed by atoms with E-state index in [1.54, 1.807) is 0 Å². The summed E-state index contributed by atoms with van der Waals surface area (Å²) in [4.78, 5) is 12.0. The van der Waals surface area contributed by atoms with Gasteiger partial charge in [0.25, 0.3) is 0 Å². The van der Waals surface area contributed by atoms with Gasteiger partial charge in [0.15, 0.2) is 0 Å². The summed E-state index contributed by atoms with van der Waals surface area (Å²) in [6.07, 6.45) is 5.58. The SMILES string of the molecule is O=C(NCC1(CO)CCCCC1)C1COCCN1. The monoisotopic (exact) mass is 256 g/mol. The molecule has 0 radical (unpaired) electrons. The Morgan fingerprint density at radius 3 is 2.78 bits per heavy atom. The van der Waals surface area contributed by atoms with Crippen LogP contribution >= 0.6 is 0 Å². The lowest BCUT2D eigenvalue weighted by Crippen LogP contribution is -2.53. The number of rotatable bonds is 4. The molecule has 1 atom stereocenters. The zero-order valence-electron chi connectivity index (χ0n) is 10.9. The molecule has 18 heavy (non-hydrogen) atoms. The molecule has 0 spiro atoms. The van der Waals surface area contributed by atoms with Crippen molar-refractivity contribution >= 4 is 5.91 Å². The average molecular weight is 256 g/mol. The fraction of sp³-hybridized carbons (Fsp3) is 0.923. The molecule has 1 unspecified atom stereocenters. The first-order valence-electron chi connectivity index (χ1n) is 6.95. The molecule has 0 aromatic carbocycles. The Balaban J connectivity index is 1.79. The van der Waals surface area contributed by atoms with Crippen molar-refractivity contribution in [2.75, 3.05) is 32.9 Å². The molecule has 2 fully saturated rings. The van der Waals surface area contributed by atoms with Gasteiger partial charge >= 0.3 is 0 Å². The summed E-state index contributed by atoms with van der Waals surface area (Å²) < 4.78 is 5.27. The topological polar surface area (TPSA) is 70.6 Å². The van der Waals surface area contributed by atoms with Gasteiger partial charge < -0.3 is 20.5 Å². The van der Waals surface area contributed by atoms with Crippen LogP contribution in [-0.4, -0.2) is 50.0 Å². The van der Waals surface area contributed by atoms with Crippen LogP contribution in [0, 0.1) is 5.41 Å². The number of ether oxygens (including phenoxy) is 1. The van der Waals surface area contributed by atoms with Crippen LogP contribution in [0.2, 0.25) is 0 Å². The Morgan fingerprint density at radius 2 is 2.17 bits per heavy atom. The maximum atomic E-state index is 12.0. The van der Waals surface area contributed by atoms with Crippen LogP contribution in [0.1, 0.15) is 32.1 Å². The summed E-state index contributed by atoms with van der Waals surface area (Å²) >= 11 is 0. The van der Waals surface area contributed by atoms with E-state index in [4.69, 9.17) is 4.74 Å². The molecule has 0 bridgehead atoms. The summed E-state index contributed by atoms with van der Waals surface area (Å²) in [5.74, 6) is -0.00639. The van der Waals surface area contributed by atoms with E-state index in [0.717, 1.165) is 32.2 Å². The van der Waals surface area contributed by atoms with E-state index >= 15 is 0 Å². The highest BCUT2D eigenvalue weighted by molar-refractivity contribution is 5.82. The maximum absolute atomic E-state index is 12.0. The summed E-state index contributed by atoms with van der Waals surface area (Å²) in [6, 6.07) is -0.238. The smallest absolute Gasteiger partial charge is 0.239 e. The first-order valence-corrected chi connectivity index (χ1v) is 6.95. The zero-order valence-corrected chi connectivity index (χ0v) is 10.9. The first-order chi connectivity index (χ1) is 8.76. The van der Waals surface area contributed by atoms with Crippen molar-refractivity contribution in [2.24, 2.45) is 5.41 Å². The second-order valence-corrected chi connectivity index (χ2v) is 5.52. The third-order valence-electron chi connectivity index (χ3n) is 4.13. The molecule has 1 aliphatic heterocycles. The number of hydrogen-bond donors (Lipinski definition) is 3. The minimum absolute atomic E-state index is 0.00639. The number of aliphatic hydroxyl groups is 1. The molecule has 0 aromatic rings. The van der Waals surface area contributed by atoms with Crippen LogP contribution in [0.25, 0.3) is 0 Å². The van der Waals surface area contributed by atoms with E-state index in [-0.39, 0.29) is 24.0 Å². The second-order valence-electron chi connectivity index (χ2n) is 5.52. The Labute approximate surface area is 108 Å². The maximum Gasteiger partial charge on any atom is 0.239 e. The van der Waals surface area contributed by atoms with Gasteiger partial charge in [0.1, 0.15) is 6.04 Å². The minimum Gasteiger partial charge on any atom is -0.396 e. The molecule has 1 amide bonds. The molecule has 1 aliphatic carbocycles. The van der Waals surface area contributed by atoms with E-state index in [9.17, 15) is 9.90 Å². The first kappa shape index (κ1) is 13.8. The quantitative estimate of drug-likeness (QED) is 0.664. The van der Waals surface area contributed by atoms with Crippen LogP contribution in [0.4, 0.5) is 0 Å². The predicted molar refractivity (Wildman–Crippen MR) is 68.2 cm³/mol. The lowest BCUT2D eigenvalue weighted by molar-refractivity contribution is -0.126. The van der Waals surface area contributed by atoms with Crippen LogP contribution in [0.3, 0.4) is 0 Å². The van der Waals surface area contributed by atoms with E-state index in [2.05, 4.69) is 10.6 Å². The fourth-order valence-corrected chi connectivity index (χ4v) is 2.82. The highest BCUT2D eigenvalue weighted by atomic mass is 16.5. The van der Waals surface area contributed by atoms with Gasteiger partial charge in [-0.2, -0.15) is 0 Å². The van der Waals surface area contributed by atoms with E-state index in [1.807, 2.05) is 0 Å². The Kier molecular flexibility index (Phi) is 4.97. The van der Waals surface area contributed by atoms with Crippen molar-refractivity contribution in [3.05, 3.63) is 0 Å². The third-order valence-corrected chi connectivity index (χ3v) is 4.13. The van der Waals surface area contributed by atoms with Crippen LogP contribution < -0.4 is 10.6 Å². The standard InChI is InChI=1S/C13H24N2O3/c16-10-13(4-2-1-3-5-13)9-15-12(17)11-8-18-7-6-14-11/h11,14,16H,1-10H2,(H,15,17). The Morgan fingerprint density at radius 1 is 1.39 bits per heavy atom. The van der Waals surface area contributed by atoms with Gasteiger partial charge in [-0.15, -0.1) is 0 Å². The molecule has 104 valence electrons. The van der Waals surface area contributed by atoms with Crippen molar-refractivity contribution in [3.8, 4) is 0 Å². The molecule has 5 nitrogen and oxygen atoms in total. The number of morpholine rings is 1. The van der Waals surface area contributed by atoms with Crippen molar-refractivity contribution in [2.45, 2.75) is 38.1 Å². The number of aliphatic hydroxyl groups excluding tert-OH is 1. The molecule has 5 heteroatoms. The van der Waals surface area contributed by atoms with Crippen LogP contribution in [-0.2, 0) is 9.53 Å². The third kappa shape index (κ3) is 3.43. The van der Waals surface area contributed by atoms with Crippen molar-refractivity contribution in [1.82, 2.24) is 10.6 Å². The van der Waals surface area contributed by atoms with Gasteiger partial charge in [-0.05, 0) is 12.8 Å².